The van der Waals surface area contributed by atoms with Crippen LogP contribution in [0.3, 0.4) is 0 Å². The number of amides is 3. The molecule has 1 aromatic rings. The van der Waals surface area contributed by atoms with Gasteiger partial charge in [0.15, 0.2) is 5.78 Å². The number of nitrogens with one attached hydrogen (secondary N) is 2. The number of nitrogens with zero attached hydrogens (tertiary/aromatic N) is 1. The Morgan fingerprint density at radius 1 is 1.00 bits per heavy atom. The van der Waals surface area contributed by atoms with E-state index in [-0.39, 0.29) is 30.1 Å². The number of Topliss-reactive ketones (excluding diaryl/α,β-unsaturated/α-hetero) is 1. The summed E-state index contributed by atoms with van der Waals surface area (Å²) in [6, 6.07) is 7.05. The highest BCUT2D eigenvalue weighted by atomic mass is 16.5. The zero-order valence-electron chi connectivity index (χ0n) is 25.0. The van der Waals surface area contributed by atoms with Gasteiger partial charge < -0.3 is 25.4 Å². The molecule has 0 spiro atoms. The van der Waals surface area contributed by atoms with Crippen LogP contribution in [0.2, 0.25) is 0 Å². The molecule has 0 radical (unpaired) electrons. The lowest BCUT2D eigenvalue weighted by atomic mass is 9.84. The zero-order chi connectivity index (χ0) is 29.8. The van der Waals surface area contributed by atoms with Gasteiger partial charge in [-0.3, -0.25) is 14.4 Å². The highest BCUT2D eigenvalue weighted by Crippen LogP contribution is 2.27. The van der Waals surface area contributed by atoms with Gasteiger partial charge in [0.1, 0.15) is 24.8 Å². The van der Waals surface area contributed by atoms with E-state index in [9.17, 15) is 24.3 Å². The molecule has 1 saturated heterocycles. The molecule has 9 heteroatoms. The standard InChI is InChI=1S/C32H49N3O6/c1-4-12-25(29(37)28(36)20-23-13-7-5-8-14-23)33-30(38)27-17-11-18-35(27)31(39)26(19-22(2)3)34-32(40)41-21-24-15-9-6-10-16-24/h6,9-10,15-16,22-23,25-27,29,37H,4-5,7-8,11-14,17-21H2,1-3H3,(H,33,38)(H,34,40)/t25-,26-,27-,29?/m0/s1. The van der Waals surface area contributed by atoms with Crippen molar-refractivity contribution < 1.29 is 29.0 Å². The van der Waals surface area contributed by atoms with Gasteiger partial charge in [0.25, 0.3) is 0 Å². The Bertz CT molecular complexity index is 994. The lowest BCUT2D eigenvalue weighted by Crippen LogP contribution is -2.56. The predicted molar refractivity (Wildman–Crippen MR) is 157 cm³/mol. The van der Waals surface area contributed by atoms with Gasteiger partial charge >= 0.3 is 6.09 Å². The number of alkyl carbamates (subject to hydrolysis) is 1. The van der Waals surface area contributed by atoms with Crippen molar-refractivity contribution in [3.63, 3.8) is 0 Å². The second-order valence-corrected chi connectivity index (χ2v) is 12.1. The molecule has 1 aromatic carbocycles. The van der Waals surface area contributed by atoms with E-state index >= 15 is 0 Å². The largest absolute Gasteiger partial charge is 0.445 e. The number of hydrogen-bond donors (Lipinski definition) is 3. The van der Waals surface area contributed by atoms with Crippen molar-refractivity contribution in [1.29, 1.82) is 0 Å². The van der Waals surface area contributed by atoms with Crippen LogP contribution in [-0.4, -0.2) is 64.5 Å². The van der Waals surface area contributed by atoms with Crippen molar-refractivity contribution in [3.8, 4) is 0 Å². The van der Waals surface area contributed by atoms with Gasteiger partial charge in [0.05, 0.1) is 6.04 Å². The molecule has 3 N–H and O–H groups in total. The molecule has 1 unspecified atom stereocenters. The molecule has 1 saturated carbocycles. The average Bonchev–Trinajstić information content (AvgIpc) is 3.46. The van der Waals surface area contributed by atoms with E-state index in [2.05, 4.69) is 10.6 Å². The molecule has 0 bridgehead atoms. The molecule has 1 aliphatic heterocycles. The topological polar surface area (TPSA) is 125 Å². The van der Waals surface area contributed by atoms with E-state index in [0.717, 1.165) is 31.2 Å². The predicted octanol–water partition coefficient (Wildman–Crippen LogP) is 4.50. The minimum atomic E-state index is -1.26. The van der Waals surface area contributed by atoms with Crippen molar-refractivity contribution in [3.05, 3.63) is 35.9 Å². The van der Waals surface area contributed by atoms with E-state index in [1.165, 1.54) is 11.3 Å². The van der Waals surface area contributed by atoms with Crippen LogP contribution < -0.4 is 10.6 Å². The van der Waals surface area contributed by atoms with Crippen LogP contribution in [0.5, 0.6) is 0 Å². The lowest BCUT2D eigenvalue weighted by Gasteiger charge is -2.31. The number of carbonyl (C=O) groups is 4. The first-order valence-electron chi connectivity index (χ1n) is 15.5. The average molecular weight is 572 g/mol. The van der Waals surface area contributed by atoms with Crippen LogP contribution in [0.4, 0.5) is 4.79 Å². The normalized spacial score (nSPS) is 19.8. The van der Waals surface area contributed by atoms with Crippen molar-refractivity contribution in [2.45, 2.75) is 122 Å². The molecule has 41 heavy (non-hydrogen) atoms. The third-order valence-corrected chi connectivity index (χ3v) is 8.20. The summed E-state index contributed by atoms with van der Waals surface area (Å²) in [7, 11) is 0. The summed E-state index contributed by atoms with van der Waals surface area (Å²) < 4.78 is 5.35. The zero-order valence-corrected chi connectivity index (χ0v) is 25.0. The molecule has 1 heterocycles. The van der Waals surface area contributed by atoms with E-state index in [4.69, 9.17) is 4.74 Å². The molecule has 3 amide bonds. The molecule has 2 aliphatic rings. The number of aliphatic hydroxyl groups is 1. The van der Waals surface area contributed by atoms with Crippen LogP contribution in [0, 0.1) is 11.8 Å². The maximum absolute atomic E-state index is 13.7. The van der Waals surface area contributed by atoms with E-state index in [0.29, 0.717) is 51.0 Å². The minimum absolute atomic E-state index is 0.0879. The number of ether oxygens (including phenoxy) is 1. The van der Waals surface area contributed by atoms with E-state index in [1.807, 2.05) is 51.1 Å². The van der Waals surface area contributed by atoms with Crippen LogP contribution in [0.1, 0.15) is 97.0 Å². The molecule has 3 rings (SSSR count). The molecule has 4 atom stereocenters. The van der Waals surface area contributed by atoms with Gasteiger partial charge in [0, 0.05) is 13.0 Å². The van der Waals surface area contributed by atoms with Crippen molar-refractivity contribution in [2.75, 3.05) is 6.54 Å². The highest BCUT2D eigenvalue weighted by molar-refractivity contribution is 5.92. The van der Waals surface area contributed by atoms with E-state index in [1.54, 1.807) is 0 Å². The maximum atomic E-state index is 13.7. The molecule has 9 nitrogen and oxygen atoms in total. The van der Waals surface area contributed by atoms with Crippen LogP contribution in [0.25, 0.3) is 0 Å². The molecule has 228 valence electrons. The summed E-state index contributed by atoms with van der Waals surface area (Å²) in [6.07, 6.45) is 6.53. The molecular weight excluding hydrogens is 522 g/mol. The summed E-state index contributed by atoms with van der Waals surface area (Å²) in [6.45, 7) is 6.36. The monoisotopic (exact) mass is 571 g/mol. The fourth-order valence-corrected chi connectivity index (χ4v) is 6.02. The second kappa shape index (κ2) is 16.5. The van der Waals surface area contributed by atoms with Gasteiger partial charge in [-0.2, -0.15) is 0 Å². The minimum Gasteiger partial charge on any atom is -0.445 e. The Hall–Kier alpha value is -2.94. The fraction of sp³-hybridized carbons (Fsp3) is 0.688. The number of ketones is 1. The third kappa shape index (κ3) is 10.1. The first-order valence-corrected chi connectivity index (χ1v) is 15.5. The van der Waals surface area contributed by atoms with Crippen LogP contribution in [-0.2, 0) is 25.7 Å². The summed E-state index contributed by atoms with van der Waals surface area (Å²) in [4.78, 5) is 54.2. The molecule has 1 aliphatic carbocycles. The van der Waals surface area contributed by atoms with Crippen LogP contribution >= 0.6 is 0 Å². The summed E-state index contributed by atoms with van der Waals surface area (Å²) in [5, 5.41) is 16.5. The van der Waals surface area contributed by atoms with Crippen molar-refractivity contribution >= 4 is 23.7 Å². The Kier molecular flexibility index (Phi) is 13.1. The van der Waals surface area contributed by atoms with Crippen molar-refractivity contribution in [2.24, 2.45) is 11.8 Å². The maximum Gasteiger partial charge on any atom is 0.408 e. The number of aliphatic hydroxyl groups excluding tert-OH is 1. The Labute approximate surface area is 244 Å². The van der Waals surface area contributed by atoms with Gasteiger partial charge in [0.2, 0.25) is 11.8 Å². The Morgan fingerprint density at radius 3 is 2.37 bits per heavy atom. The molecular formula is C32H49N3O6. The number of likely N-dealkylation sites (tertiary alicyclic amines) is 1. The molecule has 2 fully saturated rings. The quantitative estimate of drug-likeness (QED) is 0.302. The number of carbonyl (C=O) groups excluding carboxylic acids is 4. The summed E-state index contributed by atoms with van der Waals surface area (Å²) in [5.74, 6) is -0.489. The smallest absolute Gasteiger partial charge is 0.408 e. The SMILES string of the molecule is CCC[C@H](NC(=O)[C@@H]1CCCN1C(=O)[C@H](CC(C)C)NC(=O)OCc1ccccc1)C(O)C(=O)CC1CCCCC1. The van der Waals surface area contributed by atoms with Gasteiger partial charge in [-0.25, -0.2) is 4.79 Å². The summed E-state index contributed by atoms with van der Waals surface area (Å²) in [5.41, 5.74) is 0.840. The van der Waals surface area contributed by atoms with E-state index < -0.39 is 30.3 Å². The lowest BCUT2D eigenvalue weighted by molar-refractivity contribution is -0.141. The highest BCUT2D eigenvalue weighted by Gasteiger charge is 2.39. The van der Waals surface area contributed by atoms with Crippen LogP contribution in [0.15, 0.2) is 30.3 Å². The number of benzene rings is 1. The number of hydrogen-bond acceptors (Lipinski definition) is 6. The first kappa shape index (κ1) is 32.6. The number of rotatable bonds is 14. The van der Waals surface area contributed by atoms with Gasteiger partial charge in [-0.1, -0.05) is 89.6 Å². The fourth-order valence-electron chi connectivity index (χ4n) is 6.02. The van der Waals surface area contributed by atoms with Crippen molar-refractivity contribution in [1.82, 2.24) is 15.5 Å². The Balaban J connectivity index is 1.61. The molecule has 0 aromatic heterocycles. The summed E-state index contributed by atoms with van der Waals surface area (Å²) >= 11 is 0. The Morgan fingerprint density at radius 2 is 1.71 bits per heavy atom. The first-order chi connectivity index (χ1) is 19.7. The van der Waals surface area contributed by atoms with Gasteiger partial charge in [-0.15, -0.1) is 0 Å². The van der Waals surface area contributed by atoms with Gasteiger partial charge in [-0.05, 0) is 43.1 Å². The third-order valence-electron chi connectivity index (χ3n) is 8.20. The second-order valence-electron chi connectivity index (χ2n) is 12.1.